The molecule has 1 aliphatic rings. The highest BCUT2D eigenvalue weighted by Gasteiger charge is 2.16. The maximum absolute atomic E-state index is 12.4. The first-order chi connectivity index (χ1) is 17.2. The summed E-state index contributed by atoms with van der Waals surface area (Å²) in [5, 5.41) is 6.41. The SMILES string of the molecule is CCOc1cc(/C=N\NC(=O)c2ccc3c(c2)OCO3)ccc1OCc1cccc2ccccc12. The third-order valence-corrected chi connectivity index (χ3v) is 5.55. The molecule has 0 atom stereocenters. The Labute approximate surface area is 202 Å². The average Bonchev–Trinajstić information content (AvgIpc) is 3.36. The zero-order chi connectivity index (χ0) is 24.0. The van der Waals surface area contributed by atoms with Gasteiger partial charge < -0.3 is 18.9 Å². The molecule has 0 unspecified atom stereocenters. The Balaban J connectivity index is 1.26. The van der Waals surface area contributed by atoms with E-state index in [2.05, 4.69) is 34.8 Å². The van der Waals surface area contributed by atoms with Crippen LogP contribution in [0, 0.1) is 0 Å². The fourth-order valence-corrected chi connectivity index (χ4v) is 3.83. The Hall–Kier alpha value is -4.52. The van der Waals surface area contributed by atoms with Gasteiger partial charge in [-0.1, -0.05) is 42.5 Å². The molecule has 1 N–H and O–H groups in total. The molecule has 1 amide bonds. The standard InChI is InChI=1S/C28H24N2O5/c1-2-32-26-14-19(16-29-30-28(31)21-11-13-25-27(15-21)35-18-34-25)10-12-24(26)33-17-22-8-5-7-20-6-3-4-9-23(20)22/h3-16H,2,17-18H2,1H3,(H,30,31)/b29-16-. The topological polar surface area (TPSA) is 78.4 Å². The molecule has 35 heavy (non-hydrogen) atoms. The molecular formula is C28H24N2O5. The predicted molar refractivity (Wildman–Crippen MR) is 134 cm³/mol. The maximum atomic E-state index is 12.4. The second-order valence-corrected chi connectivity index (χ2v) is 7.83. The number of benzene rings is 4. The van der Waals surface area contributed by atoms with Crippen molar-refractivity contribution in [1.82, 2.24) is 5.43 Å². The minimum Gasteiger partial charge on any atom is -0.490 e. The zero-order valence-corrected chi connectivity index (χ0v) is 19.2. The summed E-state index contributed by atoms with van der Waals surface area (Å²) in [7, 11) is 0. The van der Waals surface area contributed by atoms with E-state index in [4.69, 9.17) is 18.9 Å². The van der Waals surface area contributed by atoms with E-state index in [-0.39, 0.29) is 12.7 Å². The van der Waals surface area contributed by atoms with E-state index in [1.807, 2.05) is 43.3 Å². The summed E-state index contributed by atoms with van der Waals surface area (Å²) in [5.41, 5.74) is 4.82. The molecule has 7 nitrogen and oxygen atoms in total. The summed E-state index contributed by atoms with van der Waals surface area (Å²) < 4.78 is 22.5. The van der Waals surface area contributed by atoms with Crippen LogP contribution < -0.4 is 24.4 Å². The van der Waals surface area contributed by atoms with Crippen LogP contribution in [0.2, 0.25) is 0 Å². The number of nitrogens with one attached hydrogen (secondary N) is 1. The smallest absolute Gasteiger partial charge is 0.271 e. The third-order valence-electron chi connectivity index (χ3n) is 5.55. The fourth-order valence-electron chi connectivity index (χ4n) is 3.83. The molecule has 176 valence electrons. The van der Waals surface area contributed by atoms with Crippen molar-refractivity contribution in [2.75, 3.05) is 13.4 Å². The molecule has 0 aromatic heterocycles. The van der Waals surface area contributed by atoms with E-state index in [9.17, 15) is 4.79 Å². The van der Waals surface area contributed by atoms with E-state index in [1.165, 1.54) is 5.39 Å². The van der Waals surface area contributed by atoms with Crippen molar-refractivity contribution >= 4 is 22.9 Å². The quantitative estimate of drug-likeness (QED) is 0.280. The number of nitrogens with zero attached hydrogens (tertiary/aromatic N) is 1. The lowest BCUT2D eigenvalue weighted by Gasteiger charge is -2.13. The van der Waals surface area contributed by atoms with E-state index < -0.39 is 0 Å². The molecule has 0 bridgehead atoms. The van der Waals surface area contributed by atoms with Crippen LogP contribution in [0.15, 0.2) is 84.0 Å². The van der Waals surface area contributed by atoms with Crippen LogP contribution in [0.25, 0.3) is 10.8 Å². The molecule has 0 saturated heterocycles. The molecule has 7 heteroatoms. The van der Waals surface area contributed by atoms with E-state index in [0.29, 0.717) is 41.8 Å². The number of ether oxygens (including phenoxy) is 4. The van der Waals surface area contributed by atoms with Gasteiger partial charge in [-0.25, -0.2) is 5.43 Å². The first kappa shape index (κ1) is 22.3. The van der Waals surface area contributed by atoms with Crippen molar-refractivity contribution in [2.24, 2.45) is 5.10 Å². The second-order valence-electron chi connectivity index (χ2n) is 7.83. The van der Waals surface area contributed by atoms with Gasteiger partial charge in [-0.05, 0) is 65.2 Å². The molecule has 0 saturated carbocycles. The highest BCUT2D eigenvalue weighted by molar-refractivity contribution is 5.95. The van der Waals surface area contributed by atoms with Gasteiger partial charge in [0.05, 0.1) is 12.8 Å². The monoisotopic (exact) mass is 468 g/mol. The number of carbonyl (C=O) groups is 1. The number of hydrogen-bond acceptors (Lipinski definition) is 6. The van der Waals surface area contributed by atoms with Crippen molar-refractivity contribution < 1.29 is 23.7 Å². The van der Waals surface area contributed by atoms with Gasteiger partial charge >= 0.3 is 0 Å². The average molecular weight is 469 g/mol. The number of hydrazone groups is 1. The first-order valence-corrected chi connectivity index (χ1v) is 11.3. The van der Waals surface area contributed by atoms with Gasteiger partial charge in [-0.3, -0.25) is 4.79 Å². The summed E-state index contributed by atoms with van der Waals surface area (Å²) in [6.07, 6.45) is 1.56. The minimum absolute atomic E-state index is 0.155. The largest absolute Gasteiger partial charge is 0.490 e. The van der Waals surface area contributed by atoms with Crippen LogP contribution in [-0.2, 0) is 6.61 Å². The van der Waals surface area contributed by atoms with Crippen LogP contribution >= 0.6 is 0 Å². The lowest BCUT2D eigenvalue weighted by atomic mass is 10.1. The summed E-state index contributed by atoms with van der Waals surface area (Å²) in [6.45, 7) is 2.98. The van der Waals surface area contributed by atoms with Gasteiger partial charge in [0.15, 0.2) is 23.0 Å². The number of rotatable bonds is 8. The summed E-state index contributed by atoms with van der Waals surface area (Å²) >= 11 is 0. The number of hydrogen-bond donors (Lipinski definition) is 1. The molecule has 1 aliphatic heterocycles. The van der Waals surface area contributed by atoms with Crippen LogP contribution in [0.1, 0.15) is 28.4 Å². The molecule has 1 heterocycles. The third kappa shape index (κ3) is 5.04. The number of carbonyl (C=O) groups excluding carboxylic acids is 1. The molecule has 0 fully saturated rings. The van der Waals surface area contributed by atoms with Gasteiger partial charge in [0.1, 0.15) is 6.61 Å². The summed E-state index contributed by atoms with van der Waals surface area (Å²) in [6, 6.07) is 24.9. The van der Waals surface area contributed by atoms with Crippen LogP contribution in [0.4, 0.5) is 0 Å². The second kappa shape index (κ2) is 10.2. The predicted octanol–water partition coefficient (Wildman–Crippen LogP) is 5.31. The van der Waals surface area contributed by atoms with Crippen LogP contribution in [-0.4, -0.2) is 25.5 Å². The molecular weight excluding hydrogens is 444 g/mol. The Kier molecular flexibility index (Phi) is 6.48. The fraction of sp³-hybridized carbons (Fsp3) is 0.143. The van der Waals surface area contributed by atoms with Crippen molar-refractivity contribution in [3.63, 3.8) is 0 Å². The maximum Gasteiger partial charge on any atom is 0.271 e. The minimum atomic E-state index is -0.348. The van der Waals surface area contributed by atoms with E-state index in [0.717, 1.165) is 16.5 Å². The highest BCUT2D eigenvalue weighted by atomic mass is 16.7. The number of fused-ring (bicyclic) bond motifs is 2. The Morgan fingerprint density at radius 2 is 1.80 bits per heavy atom. The van der Waals surface area contributed by atoms with Crippen molar-refractivity contribution in [1.29, 1.82) is 0 Å². The number of amides is 1. The van der Waals surface area contributed by atoms with Gasteiger partial charge in [0.2, 0.25) is 6.79 Å². The Morgan fingerprint density at radius 3 is 2.71 bits per heavy atom. The van der Waals surface area contributed by atoms with Gasteiger partial charge in [-0.15, -0.1) is 0 Å². The molecule has 5 rings (SSSR count). The summed E-state index contributed by atoms with van der Waals surface area (Å²) in [4.78, 5) is 12.4. The zero-order valence-electron chi connectivity index (χ0n) is 19.2. The van der Waals surface area contributed by atoms with Crippen molar-refractivity contribution in [3.05, 3.63) is 95.6 Å². The van der Waals surface area contributed by atoms with Crippen LogP contribution in [0.5, 0.6) is 23.0 Å². The lowest BCUT2D eigenvalue weighted by Crippen LogP contribution is -2.17. The van der Waals surface area contributed by atoms with Crippen molar-refractivity contribution in [2.45, 2.75) is 13.5 Å². The molecule has 0 aliphatic carbocycles. The molecule has 4 aromatic carbocycles. The highest BCUT2D eigenvalue weighted by Crippen LogP contribution is 2.32. The Bertz CT molecular complexity index is 1390. The Morgan fingerprint density at radius 1 is 0.943 bits per heavy atom. The summed E-state index contributed by atoms with van der Waals surface area (Å²) in [5.74, 6) is 2.07. The molecule has 0 spiro atoms. The normalized spacial score (nSPS) is 12.1. The van der Waals surface area contributed by atoms with Crippen molar-refractivity contribution in [3.8, 4) is 23.0 Å². The molecule has 0 radical (unpaired) electrons. The van der Waals surface area contributed by atoms with Gasteiger partial charge in [-0.2, -0.15) is 5.10 Å². The van der Waals surface area contributed by atoms with Crippen LogP contribution in [0.3, 0.4) is 0 Å². The van der Waals surface area contributed by atoms with E-state index in [1.54, 1.807) is 24.4 Å². The lowest BCUT2D eigenvalue weighted by molar-refractivity contribution is 0.0954. The first-order valence-electron chi connectivity index (χ1n) is 11.3. The van der Waals surface area contributed by atoms with E-state index >= 15 is 0 Å². The van der Waals surface area contributed by atoms with Gasteiger partial charge in [0.25, 0.3) is 5.91 Å². The van der Waals surface area contributed by atoms with Gasteiger partial charge in [0, 0.05) is 5.56 Å². The molecule has 4 aromatic rings.